The zero-order valence-electron chi connectivity index (χ0n) is 21.5. The largest absolute Gasteiger partial charge is 0.371 e. The Balaban J connectivity index is 1.49. The molecule has 1 saturated heterocycles. The first kappa shape index (κ1) is 26.7. The molecule has 0 radical (unpaired) electrons. The Labute approximate surface area is 219 Å². The van der Waals surface area contributed by atoms with Crippen LogP contribution in [0.1, 0.15) is 43.9 Å². The van der Waals surface area contributed by atoms with E-state index in [-0.39, 0.29) is 16.6 Å². The van der Waals surface area contributed by atoms with Crippen molar-refractivity contribution in [2.45, 2.75) is 44.6 Å². The summed E-state index contributed by atoms with van der Waals surface area (Å²) in [6.45, 7) is 7.66. The van der Waals surface area contributed by atoms with Gasteiger partial charge >= 0.3 is 0 Å². The Morgan fingerprint density at radius 1 is 1.05 bits per heavy atom. The monoisotopic (exact) mass is 523 g/mol. The van der Waals surface area contributed by atoms with Crippen LogP contribution in [-0.2, 0) is 14.8 Å². The second-order valence-electron chi connectivity index (χ2n) is 9.88. The fourth-order valence-corrected chi connectivity index (χ4v) is 6.08. The molecule has 1 heterocycles. The van der Waals surface area contributed by atoms with Crippen molar-refractivity contribution in [2.75, 3.05) is 28.8 Å². The number of halogens is 1. The summed E-state index contributed by atoms with van der Waals surface area (Å²) in [4.78, 5) is 15.5. The molecular formula is C29H34FN3O3S. The van der Waals surface area contributed by atoms with E-state index in [0.717, 1.165) is 28.5 Å². The van der Waals surface area contributed by atoms with Gasteiger partial charge in [-0.05, 0) is 86.7 Å². The molecule has 0 saturated carbocycles. The second-order valence-corrected chi connectivity index (χ2v) is 11.7. The van der Waals surface area contributed by atoms with Gasteiger partial charge in [0.1, 0.15) is 12.4 Å². The maximum Gasteiger partial charge on any atom is 0.264 e. The number of anilines is 2. The van der Waals surface area contributed by atoms with Gasteiger partial charge in [0.15, 0.2) is 0 Å². The SMILES string of the molecule is Cc1ccc(S(=O)(=O)N(CC(=O)NC(C)c2ccc(N3CCCC(C)C3)cc2)c2ccc(F)cc2)cc1. The number of carbonyl (C=O) groups excluding carboxylic acids is 1. The first-order chi connectivity index (χ1) is 17.6. The quantitative estimate of drug-likeness (QED) is 0.427. The van der Waals surface area contributed by atoms with Gasteiger partial charge in [0.25, 0.3) is 10.0 Å². The van der Waals surface area contributed by atoms with E-state index in [2.05, 4.69) is 29.3 Å². The lowest BCUT2D eigenvalue weighted by atomic mass is 9.99. The van der Waals surface area contributed by atoms with Crippen molar-refractivity contribution in [2.24, 2.45) is 5.92 Å². The number of rotatable bonds is 8. The average Bonchev–Trinajstić information content (AvgIpc) is 2.88. The maximum absolute atomic E-state index is 13.6. The summed E-state index contributed by atoms with van der Waals surface area (Å²) < 4.78 is 41.5. The van der Waals surface area contributed by atoms with Crippen LogP contribution in [0.25, 0.3) is 0 Å². The summed E-state index contributed by atoms with van der Waals surface area (Å²) >= 11 is 0. The lowest BCUT2D eigenvalue weighted by Crippen LogP contribution is -2.41. The minimum Gasteiger partial charge on any atom is -0.371 e. The molecule has 1 aliphatic heterocycles. The molecule has 1 N–H and O–H groups in total. The van der Waals surface area contributed by atoms with Gasteiger partial charge in [-0.3, -0.25) is 9.10 Å². The minimum absolute atomic E-state index is 0.0610. The van der Waals surface area contributed by atoms with Gasteiger partial charge in [0, 0.05) is 18.8 Å². The van der Waals surface area contributed by atoms with Crippen LogP contribution in [0, 0.1) is 18.7 Å². The first-order valence-corrected chi connectivity index (χ1v) is 14.1. The van der Waals surface area contributed by atoms with Crippen molar-refractivity contribution in [1.82, 2.24) is 5.32 Å². The second kappa shape index (κ2) is 11.3. The van der Waals surface area contributed by atoms with E-state index in [1.54, 1.807) is 12.1 Å². The van der Waals surface area contributed by atoms with Crippen LogP contribution < -0.4 is 14.5 Å². The summed E-state index contributed by atoms with van der Waals surface area (Å²) in [5.41, 5.74) is 3.22. The van der Waals surface area contributed by atoms with Crippen molar-refractivity contribution in [3.8, 4) is 0 Å². The number of nitrogens with one attached hydrogen (secondary N) is 1. The third kappa shape index (κ3) is 6.49. The van der Waals surface area contributed by atoms with Crippen molar-refractivity contribution < 1.29 is 17.6 Å². The normalized spacial score (nSPS) is 16.8. The van der Waals surface area contributed by atoms with Gasteiger partial charge in [-0.25, -0.2) is 12.8 Å². The topological polar surface area (TPSA) is 69.7 Å². The molecule has 6 nitrogen and oxygen atoms in total. The molecule has 4 rings (SSSR count). The molecule has 0 aliphatic carbocycles. The van der Waals surface area contributed by atoms with Crippen LogP contribution in [0.3, 0.4) is 0 Å². The van der Waals surface area contributed by atoms with Crippen LogP contribution in [-0.4, -0.2) is 34.0 Å². The lowest BCUT2D eigenvalue weighted by molar-refractivity contribution is -0.120. The maximum atomic E-state index is 13.6. The molecule has 196 valence electrons. The average molecular weight is 524 g/mol. The predicted octanol–water partition coefficient (Wildman–Crippen LogP) is 5.44. The Morgan fingerprint density at radius 3 is 2.32 bits per heavy atom. The van der Waals surface area contributed by atoms with Crippen molar-refractivity contribution in [3.63, 3.8) is 0 Å². The van der Waals surface area contributed by atoms with Crippen molar-refractivity contribution >= 4 is 27.3 Å². The molecular weight excluding hydrogens is 489 g/mol. The zero-order chi connectivity index (χ0) is 26.6. The van der Waals surface area contributed by atoms with Crippen LogP contribution in [0.4, 0.5) is 15.8 Å². The highest BCUT2D eigenvalue weighted by atomic mass is 32.2. The fourth-order valence-electron chi connectivity index (χ4n) is 4.66. The van der Waals surface area contributed by atoms with Crippen molar-refractivity contribution in [1.29, 1.82) is 0 Å². The van der Waals surface area contributed by atoms with Crippen molar-refractivity contribution in [3.05, 3.63) is 89.7 Å². The van der Waals surface area contributed by atoms with E-state index >= 15 is 0 Å². The number of hydrogen-bond acceptors (Lipinski definition) is 4. The third-order valence-corrected chi connectivity index (χ3v) is 8.59. The van der Waals surface area contributed by atoms with Crippen LogP contribution in [0.15, 0.2) is 77.7 Å². The Morgan fingerprint density at radius 2 is 1.70 bits per heavy atom. The molecule has 0 aromatic heterocycles. The number of hydrogen-bond donors (Lipinski definition) is 1. The van der Waals surface area contributed by atoms with E-state index in [1.807, 2.05) is 26.0 Å². The van der Waals surface area contributed by atoms with Gasteiger partial charge in [0.2, 0.25) is 5.91 Å². The Hall–Kier alpha value is -3.39. The third-order valence-electron chi connectivity index (χ3n) is 6.80. The number of carbonyl (C=O) groups is 1. The van der Waals surface area contributed by atoms with Crippen LogP contribution in [0.5, 0.6) is 0 Å². The van der Waals surface area contributed by atoms with Gasteiger partial charge in [-0.15, -0.1) is 0 Å². The van der Waals surface area contributed by atoms with E-state index < -0.39 is 28.3 Å². The molecule has 8 heteroatoms. The molecule has 1 fully saturated rings. The standard InChI is InChI=1S/C29H34FN3O3S/c1-21-6-16-28(17-7-21)37(35,36)33(27-14-10-25(30)11-15-27)20-29(34)31-23(3)24-8-12-26(13-9-24)32-18-4-5-22(2)19-32/h6-17,22-23H,4-5,18-20H2,1-3H3,(H,31,34). The number of sulfonamides is 1. The lowest BCUT2D eigenvalue weighted by Gasteiger charge is -2.33. The van der Waals surface area contributed by atoms with E-state index in [9.17, 15) is 17.6 Å². The number of benzene rings is 3. The van der Waals surface area contributed by atoms with E-state index in [1.165, 1.54) is 54.9 Å². The summed E-state index contributed by atoms with van der Waals surface area (Å²) in [7, 11) is -4.06. The van der Waals surface area contributed by atoms with Gasteiger partial charge in [0.05, 0.1) is 16.6 Å². The molecule has 2 atom stereocenters. The smallest absolute Gasteiger partial charge is 0.264 e. The number of nitrogens with zero attached hydrogens (tertiary/aromatic N) is 2. The zero-order valence-corrected chi connectivity index (χ0v) is 22.3. The summed E-state index contributed by atoms with van der Waals surface area (Å²) in [5.74, 6) is -0.273. The molecule has 3 aromatic carbocycles. The highest BCUT2D eigenvalue weighted by molar-refractivity contribution is 7.92. The molecule has 37 heavy (non-hydrogen) atoms. The highest BCUT2D eigenvalue weighted by Crippen LogP contribution is 2.26. The predicted molar refractivity (Wildman–Crippen MR) is 146 cm³/mol. The van der Waals surface area contributed by atoms with Gasteiger partial charge < -0.3 is 10.2 Å². The fraction of sp³-hybridized carbons (Fsp3) is 0.345. The van der Waals surface area contributed by atoms with E-state index in [0.29, 0.717) is 5.92 Å². The van der Waals surface area contributed by atoms with Gasteiger partial charge in [-0.1, -0.05) is 36.8 Å². The summed E-state index contributed by atoms with van der Waals surface area (Å²) in [6.07, 6.45) is 2.44. The van der Waals surface area contributed by atoms with Crippen LogP contribution >= 0.6 is 0 Å². The van der Waals surface area contributed by atoms with Crippen LogP contribution in [0.2, 0.25) is 0 Å². The minimum atomic E-state index is -4.06. The molecule has 3 aromatic rings. The molecule has 1 aliphatic rings. The molecule has 0 bridgehead atoms. The summed E-state index contributed by atoms with van der Waals surface area (Å²) in [6, 6.07) is 19.3. The molecule has 2 unspecified atom stereocenters. The number of aryl methyl sites for hydroxylation is 1. The molecule has 0 spiro atoms. The Bertz CT molecular complexity index is 1310. The number of piperidine rings is 1. The number of amides is 1. The molecule has 1 amide bonds. The summed E-state index contributed by atoms with van der Waals surface area (Å²) in [5, 5.41) is 2.91. The first-order valence-electron chi connectivity index (χ1n) is 12.6. The van der Waals surface area contributed by atoms with Gasteiger partial charge in [-0.2, -0.15) is 0 Å². The highest BCUT2D eigenvalue weighted by Gasteiger charge is 2.28. The van der Waals surface area contributed by atoms with E-state index in [4.69, 9.17) is 0 Å². The Kier molecular flexibility index (Phi) is 8.17.